The third-order valence-corrected chi connectivity index (χ3v) is 8.53. The number of aliphatic hydroxyl groups is 1. The van der Waals surface area contributed by atoms with Gasteiger partial charge in [0.05, 0.1) is 5.03 Å². The largest absolute Gasteiger partial charge is 0.503 e. The second-order valence-electron chi connectivity index (χ2n) is 9.32. The van der Waals surface area contributed by atoms with Gasteiger partial charge in [0, 0.05) is 17.6 Å². The van der Waals surface area contributed by atoms with E-state index < -0.39 is 5.78 Å². The fraction of sp³-hybridized carbons (Fsp3) is 0.667. The smallest absolute Gasteiger partial charge is 0.225 e. The summed E-state index contributed by atoms with van der Waals surface area (Å²) < 4.78 is 6.25. The first-order valence-electron chi connectivity index (χ1n) is 9.35. The normalized spacial score (nSPS) is 42.5. The van der Waals surface area contributed by atoms with Crippen molar-refractivity contribution in [1.29, 1.82) is 0 Å². The van der Waals surface area contributed by atoms with Gasteiger partial charge in [-0.2, -0.15) is 0 Å². The van der Waals surface area contributed by atoms with Crippen molar-refractivity contribution in [3.63, 3.8) is 0 Å². The van der Waals surface area contributed by atoms with Crippen molar-refractivity contribution < 1.29 is 14.6 Å². The highest BCUT2D eigenvalue weighted by atomic mass is 35.5. The average molecular weight is 363 g/mol. The van der Waals surface area contributed by atoms with Gasteiger partial charge in [-0.1, -0.05) is 51.8 Å². The molecule has 2 unspecified atom stereocenters. The van der Waals surface area contributed by atoms with Crippen LogP contribution in [0.25, 0.3) is 0 Å². The van der Waals surface area contributed by atoms with E-state index in [1.807, 2.05) is 0 Å². The van der Waals surface area contributed by atoms with Gasteiger partial charge in [-0.3, -0.25) is 4.79 Å². The zero-order valence-electron chi connectivity index (χ0n) is 15.5. The molecule has 0 bridgehead atoms. The van der Waals surface area contributed by atoms with Gasteiger partial charge in [0.2, 0.25) is 5.78 Å². The summed E-state index contributed by atoms with van der Waals surface area (Å²) in [6.07, 6.45) is 9.43. The number of aliphatic hydroxyl groups excluding tert-OH is 1. The number of carbonyl (C=O) groups is 1. The Bertz CT molecular complexity index is 744. The molecule has 1 heterocycles. The molecule has 4 heteroatoms. The number of hydrogen-bond acceptors (Lipinski definition) is 3. The van der Waals surface area contributed by atoms with Gasteiger partial charge in [0.15, 0.2) is 5.76 Å². The summed E-state index contributed by atoms with van der Waals surface area (Å²) in [6.45, 7) is 9.67. The summed E-state index contributed by atoms with van der Waals surface area (Å²) in [5, 5.41) is 10.1. The number of allylic oxidation sites excluding steroid dienone is 2. The molecule has 0 spiro atoms. The Hall–Kier alpha value is -1.22. The maximum Gasteiger partial charge on any atom is 0.225 e. The Morgan fingerprint density at radius 1 is 1.20 bits per heavy atom. The number of rotatable bonds is 0. The molecule has 4 atom stereocenters. The van der Waals surface area contributed by atoms with Crippen molar-refractivity contribution in [2.45, 2.75) is 65.9 Å². The molecule has 2 fully saturated rings. The quantitative estimate of drug-likeness (QED) is 0.625. The zero-order valence-corrected chi connectivity index (χ0v) is 16.2. The number of carbonyl (C=O) groups excluding carboxylic acids is 1. The summed E-state index contributed by atoms with van der Waals surface area (Å²) >= 11 is 6.30. The van der Waals surface area contributed by atoms with E-state index >= 15 is 0 Å². The van der Waals surface area contributed by atoms with Crippen molar-refractivity contribution in [1.82, 2.24) is 0 Å². The molecule has 4 rings (SSSR count). The van der Waals surface area contributed by atoms with E-state index in [0.29, 0.717) is 11.3 Å². The van der Waals surface area contributed by atoms with Crippen molar-refractivity contribution in [2.75, 3.05) is 0 Å². The Labute approximate surface area is 154 Å². The van der Waals surface area contributed by atoms with E-state index in [1.54, 1.807) is 0 Å². The Morgan fingerprint density at radius 2 is 1.92 bits per heavy atom. The van der Waals surface area contributed by atoms with E-state index in [2.05, 4.69) is 33.8 Å². The van der Waals surface area contributed by atoms with Crippen LogP contribution >= 0.6 is 11.6 Å². The van der Waals surface area contributed by atoms with Crippen molar-refractivity contribution in [3.05, 3.63) is 34.3 Å². The highest BCUT2D eigenvalue weighted by molar-refractivity contribution is 6.35. The van der Waals surface area contributed by atoms with E-state index in [-0.39, 0.29) is 39.1 Å². The molecule has 2 saturated carbocycles. The number of ketones is 1. The standard InChI is InChI=1S/C21H27ClO3/c1-19(2)7-5-8-20(3)13-10-12-16(11-14(23)18(24)17(12)22)25-15(13)6-9-21(19,20)4/h10-11,13,15,24H,5-9H2,1-4H3/t13?,15?,20-,21+/m1/s1. The van der Waals surface area contributed by atoms with Gasteiger partial charge in [-0.15, -0.1) is 0 Å². The molecular formula is C21H27ClO3. The Morgan fingerprint density at radius 3 is 2.64 bits per heavy atom. The molecule has 0 radical (unpaired) electrons. The van der Waals surface area contributed by atoms with Crippen LogP contribution in [0, 0.1) is 22.2 Å². The van der Waals surface area contributed by atoms with Crippen LogP contribution in [-0.4, -0.2) is 17.0 Å². The summed E-state index contributed by atoms with van der Waals surface area (Å²) in [4.78, 5) is 11.9. The summed E-state index contributed by atoms with van der Waals surface area (Å²) in [5.74, 6) is -0.0725. The summed E-state index contributed by atoms with van der Waals surface area (Å²) in [5.41, 5.74) is 1.31. The second-order valence-corrected chi connectivity index (χ2v) is 9.70. The van der Waals surface area contributed by atoms with Gasteiger partial charge in [0.25, 0.3) is 0 Å². The summed E-state index contributed by atoms with van der Waals surface area (Å²) in [7, 11) is 0. The lowest BCUT2D eigenvalue weighted by atomic mass is 9.40. The maximum absolute atomic E-state index is 11.9. The van der Waals surface area contributed by atoms with E-state index in [4.69, 9.17) is 16.3 Å². The SMILES string of the molecule is CC1(C)CCC[C@]2(C)C3C=C4C(=CC(=O)C(O)=C4Cl)OC3CC[C@@]12C. The van der Waals surface area contributed by atoms with Crippen molar-refractivity contribution in [3.8, 4) is 0 Å². The van der Waals surface area contributed by atoms with Gasteiger partial charge in [-0.05, 0) is 41.9 Å². The molecule has 4 aliphatic rings. The molecule has 0 aromatic carbocycles. The van der Waals surface area contributed by atoms with Crippen molar-refractivity contribution >= 4 is 17.4 Å². The highest BCUT2D eigenvalue weighted by Crippen LogP contribution is 2.69. The molecule has 1 aliphatic heterocycles. The Kier molecular flexibility index (Phi) is 3.55. The van der Waals surface area contributed by atoms with Crippen LogP contribution in [0.5, 0.6) is 0 Å². The molecule has 1 N–H and O–H groups in total. The van der Waals surface area contributed by atoms with Gasteiger partial charge < -0.3 is 9.84 Å². The van der Waals surface area contributed by atoms with Gasteiger partial charge >= 0.3 is 0 Å². The second kappa shape index (κ2) is 5.16. The minimum absolute atomic E-state index is 0.0829. The molecular weight excluding hydrogens is 336 g/mol. The topological polar surface area (TPSA) is 46.5 Å². The summed E-state index contributed by atoms with van der Waals surface area (Å²) in [6, 6.07) is 0. The van der Waals surface area contributed by atoms with E-state index in [1.165, 1.54) is 25.3 Å². The molecule has 25 heavy (non-hydrogen) atoms. The molecule has 3 aliphatic carbocycles. The lowest BCUT2D eigenvalue weighted by Crippen LogP contribution is -2.60. The first kappa shape index (κ1) is 17.2. The number of ether oxygens (including phenoxy) is 1. The van der Waals surface area contributed by atoms with Crippen LogP contribution in [0.15, 0.2) is 34.3 Å². The van der Waals surface area contributed by atoms with Crippen LogP contribution in [-0.2, 0) is 9.53 Å². The molecule has 136 valence electrons. The number of hydrogen-bond donors (Lipinski definition) is 1. The molecule has 3 nitrogen and oxygen atoms in total. The van der Waals surface area contributed by atoms with E-state index in [9.17, 15) is 9.90 Å². The van der Waals surface area contributed by atoms with E-state index in [0.717, 1.165) is 12.8 Å². The predicted octanol–water partition coefficient (Wildman–Crippen LogP) is 5.42. The molecule has 0 aromatic heterocycles. The lowest BCUT2D eigenvalue weighted by molar-refractivity contribution is -0.178. The van der Waals surface area contributed by atoms with Crippen LogP contribution < -0.4 is 0 Å². The first-order valence-corrected chi connectivity index (χ1v) is 9.72. The Balaban J connectivity index is 1.84. The first-order chi connectivity index (χ1) is 11.6. The van der Waals surface area contributed by atoms with Gasteiger partial charge in [0.1, 0.15) is 11.9 Å². The van der Waals surface area contributed by atoms with Crippen molar-refractivity contribution in [2.24, 2.45) is 22.2 Å². The molecule has 0 aromatic rings. The monoisotopic (exact) mass is 362 g/mol. The minimum atomic E-state index is -0.471. The van der Waals surface area contributed by atoms with Crippen LogP contribution in [0.3, 0.4) is 0 Å². The van der Waals surface area contributed by atoms with Crippen LogP contribution in [0.1, 0.15) is 59.8 Å². The van der Waals surface area contributed by atoms with Crippen LogP contribution in [0.4, 0.5) is 0 Å². The van der Waals surface area contributed by atoms with Crippen LogP contribution in [0.2, 0.25) is 0 Å². The number of halogens is 1. The average Bonchev–Trinajstić information content (AvgIpc) is 2.54. The fourth-order valence-corrected chi connectivity index (χ4v) is 6.28. The zero-order chi connectivity index (χ0) is 18.2. The predicted molar refractivity (Wildman–Crippen MR) is 98.1 cm³/mol. The van der Waals surface area contributed by atoms with Gasteiger partial charge in [-0.25, -0.2) is 0 Å². The minimum Gasteiger partial charge on any atom is -0.503 e. The third kappa shape index (κ3) is 2.08. The molecule has 0 saturated heterocycles. The fourth-order valence-electron chi connectivity index (χ4n) is 6.03. The molecule has 0 amide bonds. The highest BCUT2D eigenvalue weighted by Gasteiger charge is 2.62. The lowest BCUT2D eigenvalue weighted by Gasteiger charge is -2.66. The maximum atomic E-state index is 11.9. The number of fused-ring (bicyclic) bond motifs is 4. The third-order valence-electron chi connectivity index (χ3n) is 8.15.